The van der Waals surface area contributed by atoms with E-state index >= 15 is 0 Å². The zero-order valence-electron chi connectivity index (χ0n) is 23.6. The summed E-state index contributed by atoms with van der Waals surface area (Å²) >= 11 is 0. The van der Waals surface area contributed by atoms with Crippen molar-refractivity contribution in [2.24, 2.45) is 0 Å². The Kier molecular flexibility index (Phi) is 8.25. The van der Waals surface area contributed by atoms with Gasteiger partial charge in [-0.05, 0) is 92.4 Å². The maximum atomic E-state index is 14.5. The van der Waals surface area contributed by atoms with Crippen LogP contribution in [0.5, 0.6) is 17.2 Å². The van der Waals surface area contributed by atoms with Crippen LogP contribution in [0.4, 0.5) is 4.39 Å². The van der Waals surface area contributed by atoms with E-state index in [1.54, 1.807) is 55.5 Å². The molecule has 39 heavy (non-hydrogen) atoms. The summed E-state index contributed by atoms with van der Waals surface area (Å²) in [5.74, 6) is 2.12. The molecule has 0 saturated carbocycles. The minimum absolute atomic E-state index is 0.111. The molecule has 4 aromatic carbocycles. The smallest absolute Gasteiger partial charge is 0.193 e. The number of carbonyl (C=O) groups excluding carboxylic acids is 1. The fourth-order valence-electron chi connectivity index (χ4n) is 4.48. The van der Waals surface area contributed by atoms with Gasteiger partial charge in [-0.15, -0.1) is 0 Å². The Morgan fingerprint density at radius 1 is 0.667 bits per heavy atom. The lowest BCUT2D eigenvalue weighted by Crippen LogP contribution is -2.18. The first kappa shape index (κ1) is 28.1. The number of rotatable bonds is 10. The Labute approximate surface area is 231 Å². The Bertz CT molecular complexity index is 1380. The molecule has 0 aliphatic heterocycles. The summed E-state index contributed by atoms with van der Waals surface area (Å²) in [6, 6.07) is 30.2. The SMILES string of the molecule is CCC(C)(F)c1ccc(C(=O)c2ccc(Oc3ccc(C(C)(C)c4ccc(OC(C)C)cc4)cc3)cc2)cc1. The van der Waals surface area contributed by atoms with Crippen molar-refractivity contribution in [3.05, 3.63) is 125 Å². The number of carbonyl (C=O) groups is 1. The second-order valence-electron chi connectivity index (χ2n) is 10.9. The maximum Gasteiger partial charge on any atom is 0.193 e. The van der Waals surface area contributed by atoms with Crippen LogP contribution in [0.2, 0.25) is 0 Å². The van der Waals surface area contributed by atoms with Gasteiger partial charge in [0.05, 0.1) is 6.10 Å². The summed E-state index contributed by atoms with van der Waals surface area (Å²) in [6.07, 6.45) is 0.524. The van der Waals surface area contributed by atoms with Crippen LogP contribution in [0.3, 0.4) is 0 Å². The highest BCUT2D eigenvalue weighted by Gasteiger charge is 2.24. The Balaban J connectivity index is 1.41. The number of alkyl halides is 1. The molecule has 4 heteroatoms. The fourth-order valence-corrected chi connectivity index (χ4v) is 4.48. The molecule has 0 heterocycles. The number of ketones is 1. The molecular weight excluding hydrogens is 487 g/mol. The summed E-state index contributed by atoms with van der Waals surface area (Å²) in [7, 11) is 0. The molecule has 0 fully saturated rings. The number of halogens is 1. The first-order valence-electron chi connectivity index (χ1n) is 13.5. The largest absolute Gasteiger partial charge is 0.491 e. The van der Waals surface area contributed by atoms with Crippen molar-refractivity contribution in [3.63, 3.8) is 0 Å². The first-order chi connectivity index (χ1) is 18.5. The second kappa shape index (κ2) is 11.4. The van der Waals surface area contributed by atoms with Crippen molar-refractivity contribution in [2.75, 3.05) is 0 Å². The van der Waals surface area contributed by atoms with Crippen molar-refractivity contribution in [1.82, 2.24) is 0 Å². The highest BCUT2D eigenvalue weighted by molar-refractivity contribution is 6.09. The summed E-state index contributed by atoms with van der Waals surface area (Å²) in [4.78, 5) is 12.9. The Morgan fingerprint density at radius 3 is 1.49 bits per heavy atom. The van der Waals surface area contributed by atoms with Crippen molar-refractivity contribution in [1.29, 1.82) is 0 Å². The molecule has 0 radical (unpaired) electrons. The van der Waals surface area contributed by atoms with Crippen molar-refractivity contribution in [3.8, 4) is 17.2 Å². The average Bonchev–Trinajstić information content (AvgIpc) is 2.93. The van der Waals surface area contributed by atoms with E-state index in [1.807, 2.05) is 45.0 Å². The molecule has 0 aliphatic carbocycles. The molecule has 202 valence electrons. The van der Waals surface area contributed by atoms with Crippen LogP contribution in [0.1, 0.15) is 80.6 Å². The lowest BCUT2D eigenvalue weighted by atomic mass is 9.78. The van der Waals surface area contributed by atoms with Gasteiger partial charge >= 0.3 is 0 Å². The number of hydrogen-bond acceptors (Lipinski definition) is 3. The lowest BCUT2D eigenvalue weighted by Gasteiger charge is -2.26. The van der Waals surface area contributed by atoms with Gasteiger partial charge in [0.2, 0.25) is 0 Å². The number of hydrogen-bond donors (Lipinski definition) is 0. The summed E-state index contributed by atoms with van der Waals surface area (Å²) < 4.78 is 26.3. The van der Waals surface area contributed by atoms with Gasteiger partial charge in [-0.3, -0.25) is 4.79 Å². The van der Waals surface area contributed by atoms with Crippen LogP contribution in [0.25, 0.3) is 0 Å². The van der Waals surface area contributed by atoms with E-state index < -0.39 is 5.67 Å². The molecule has 1 atom stereocenters. The van der Waals surface area contributed by atoms with E-state index in [-0.39, 0.29) is 17.3 Å². The standard InChI is InChI=1S/C35H37FO3/c1-7-35(6,36)29-12-8-25(9-13-29)33(37)26-10-18-31(19-11-26)39-32-22-16-28(17-23-32)34(4,5)27-14-20-30(21-15-27)38-24(2)3/h8-24H,7H2,1-6H3. The van der Waals surface area contributed by atoms with E-state index in [0.29, 0.717) is 28.9 Å². The minimum atomic E-state index is -1.40. The van der Waals surface area contributed by atoms with E-state index in [9.17, 15) is 9.18 Å². The first-order valence-corrected chi connectivity index (χ1v) is 13.5. The van der Waals surface area contributed by atoms with E-state index in [0.717, 1.165) is 11.5 Å². The molecular formula is C35H37FO3. The third kappa shape index (κ3) is 6.57. The van der Waals surface area contributed by atoms with Gasteiger partial charge in [0, 0.05) is 16.5 Å². The number of benzene rings is 4. The van der Waals surface area contributed by atoms with E-state index in [2.05, 4.69) is 38.1 Å². The molecule has 4 aromatic rings. The van der Waals surface area contributed by atoms with Gasteiger partial charge < -0.3 is 9.47 Å². The van der Waals surface area contributed by atoms with Gasteiger partial charge in [-0.25, -0.2) is 4.39 Å². The van der Waals surface area contributed by atoms with Gasteiger partial charge in [0.1, 0.15) is 22.9 Å². The summed E-state index contributed by atoms with van der Waals surface area (Å²) in [5, 5.41) is 0. The molecule has 0 amide bonds. The van der Waals surface area contributed by atoms with Crippen LogP contribution in [0, 0.1) is 0 Å². The molecule has 3 nitrogen and oxygen atoms in total. The maximum absolute atomic E-state index is 14.5. The zero-order valence-corrected chi connectivity index (χ0v) is 23.6. The molecule has 0 aromatic heterocycles. The normalized spacial score (nSPS) is 13.1. The second-order valence-corrected chi connectivity index (χ2v) is 10.9. The highest BCUT2D eigenvalue weighted by atomic mass is 19.1. The third-order valence-corrected chi connectivity index (χ3v) is 7.29. The van der Waals surface area contributed by atoms with Crippen molar-refractivity contribution in [2.45, 2.75) is 65.2 Å². The van der Waals surface area contributed by atoms with Crippen LogP contribution >= 0.6 is 0 Å². The Hall–Kier alpha value is -3.92. The summed E-state index contributed by atoms with van der Waals surface area (Å²) in [5.41, 5.74) is 2.44. The quantitative estimate of drug-likeness (QED) is 0.194. The average molecular weight is 525 g/mol. The Morgan fingerprint density at radius 2 is 1.05 bits per heavy atom. The molecule has 0 bridgehead atoms. The van der Waals surface area contributed by atoms with Gasteiger partial charge in [-0.1, -0.05) is 69.3 Å². The molecule has 0 aliphatic rings. The van der Waals surface area contributed by atoms with Crippen LogP contribution in [-0.4, -0.2) is 11.9 Å². The van der Waals surface area contributed by atoms with Crippen LogP contribution < -0.4 is 9.47 Å². The highest BCUT2D eigenvalue weighted by Crippen LogP contribution is 2.34. The monoisotopic (exact) mass is 524 g/mol. The van der Waals surface area contributed by atoms with E-state index in [1.165, 1.54) is 11.1 Å². The molecule has 0 saturated heterocycles. The lowest BCUT2D eigenvalue weighted by molar-refractivity contribution is 0.103. The molecule has 0 spiro atoms. The molecule has 0 N–H and O–H groups in total. The van der Waals surface area contributed by atoms with Gasteiger partial charge in [0.15, 0.2) is 5.78 Å². The molecule has 1 unspecified atom stereocenters. The predicted molar refractivity (Wildman–Crippen MR) is 156 cm³/mol. The zero-order chi connectivity index (χ0) is 28.2. The minimum Gasteiger partial charge on any atom is -0.491 e. The van der Waals surface area contributed by atoms with Crippen LogP contribution in [-0.2, 0) is 11.1 Å². The van der Waals surface area contributed by atoms with Crippen LogP contribution in [0.15, 0.2) is 97.1 Å². The molecule has 4 rings (SSSR count). The van der Waals surface area contributed by atoms with Gasteiger partial charge in [-0.2, -0.15) is 0 Å². The van der Waals surface area contributed by atoms with Crippen molar-refractivity contribution < 1.29 is 18.7 Å². The summed E-state index contributed by atoms with van der Waals surface area (Å²) in [6.45, 7) is 11.8. The van der Waals surface area contributed by atoms with Gasteiger partial charge in [0.25, 0.3) is 0 Å². The number of ether oxygens (including phenoxy) is 2. The van der Waals surface area contributed by atoms with Crippen molar-refractivity contribution >= 4 is 5.78 Å². The topological polar surface area (TPSA) is 35.5 Å². The predicted octanol–water partition coefficient (Wildman–Crippen LogP) is 9.42. The third-order valence-electron chi connectivity index (χ3n) is 7.29. The van der Waals surface area contributed by atoms with E-state index in [4.69, 9.17) is 9.47 Å². The fraction of sp³-hybridized carbons (Fsp3) is 0.286.